The van der Waals surface area contributed by atoms with Crippen LogP contribution in [0.25, 0.3) is 0 Å². The molecule has 2 heterocycles. The van der Waals surface area contributed by atoms with E-state index in [4.69, 9.17) is 4.42 Å². The van der Waals surface area contributed by atoms with E-state index < -0.39 is 0 Å². The molecule has 92 valence electrons. The summed E-state index contributed by atoms with van der Waals surface area (Å²) >= 11 is 1.80. The number of thioether (sulfide) groups is 1. The lowest BCUT2D eigenvalue weighted by atomic mass is 10.2. The first-order valence-corrected chi connectivity index (χ1v) is 6.39. The van der Waals surface area contributed by atoms with Gasteiger partial charge in [-0.3, -0.25) is 4.98 Å². The molecule has 0 aliphatic heterocycles. The SMILES string of the molecule is CCc1nccc(SCc2ccco2)c1C.Cl. The number of hydrogen-bond acceptors (Lipinski definition) is 3. The summed E-state index contributed by atoms with van der Waals surface area (Å²) in [5, 5.41) is 0. The van der Waals surface area contributed by atoms with Crippen LogP contribution in [0.3, 0.4) is 0 Å². The van der Waals surface area contributed by atoms with Crippen LogP contribution in [-0.4, -0.2) is 4.98 Å². The maximum Gasteiger partial charge on any atom is 0.113 e. The van der Waals surface area contributed by atoms with Gasteiger partial charge in [0.2, 0.25) is 0 Å². The highest BCUT2D eigenvalue weighted by molar-refractivity contribution is 7.98. The maximum atomic E-state index is 5.32. The average molecular weight is 270 g/mol. The van der Waals surface area contributed by atoms with E-state index in [2.05, 4.69) is 24.9 Å². The smallest absolute Gasteiger partial charge is 0.113 e. The molecule has 0 radical (unpaired) electrons. The second kappa shape index (κ2) is 6.72. The monoisotopic (exact) mass is 269 g/mol. The van der Waals surface area contributed by atoms with Gasteiger partial charge in [-0.25, -0.2) is 0 Å². The molecule has 0 saturated carbocycles. The number of halogens is 1. The molecule has 0 N–H and O–H groups in total. The fourth-order valence-electron chi connectivity index (χ4n) is 1.62. The summed E-state index contributed by atoms with van der Waals surface area (Å²) in [4.78, 5) is 5.66. The average Bonchev–Trinajstić information content (AvgIpc) is 2.81. The third-order valence-corrected chi connectivity index (χ3v) is 3.73. The first kappa shape index (κ1) is 14.1. The minimum atomic E-state index is 0. The Morgan fingerprint density at radius 3 is 2.82 bits per heavy atom. The Morgan fingerprint density at radius 1 is 1.35 bits per heavy atom. The molecule has 2 rings (SSSR count). The largest absolute Gasteiger partial charge is 0.468 e. The Balaban J connectivity index is 0.00000144. The summed E-state index contributed by atoms with van der Waals surface area (Å²) in [6.45, 7) is 4.27. The molecule has 2 nitrogen and oxygen atoms in total. The summed E-state index contributed by atoms with van der Waals surface area (Å²) in [5.74, 6) is 1.89. The van der Waals surface area contributed by atoms with E-state index in [1.807, 2.05) is 18.3 Å². The Labute approximate surface area is 112 Å². The molecule has 2 aromatic heterocycles. The molecule has 2 aromatic rings. The lowest BCUT2D eigenvalue weighted by Gasteiger charge is -2.07. The number of pyridine rings is 1. The van der Waals surface area contributed by atoms with E-state index in [0.717, 1.165) is 17.9 Å². The normalized spacial score (nSPS) is 10.0. The van der Waals surface area contributed by atoms with Gasteiger partial charge in [-0.2, -0.15) is 0 Å². The number of aromatic nitrogens is 1. The van der Waals surface area contributed by atoms with Crippen molar-refractivity contribution in [2.75, 3.05) is 0 Å². The zero-order valence-electron chi connectivity index (χ0n) is 9.97. The van der Waals surface area contributed by atoms with E-state index in [-0.39, 0.29) is 12.4 Å². The van der Waals surface area contributed by atoms with Crippen molar-refractivity contribution in [3.8, 4) is 0 Å². The fraction of sp³-hybridized carbons (Fsp3) is 0.308. The van der Waals surface area contributed by atoms with Crippen LogP contribution >= 0.6 is 24.2 Å². The quantitative estimate of drug-likeness (QED) is 0.776. The minimum absolute atomic E-state index is 0. The molecular formula is C13H16ClNOS. The van der Waals surface area contributed by atoms with Gasteiger partial charge in [0.25, 0.3) is 0 Å². The highest BCUT2D eigenvalue weighted by atomic mass is 35.5. The molecule has 0 aliphatic rings. The van der Waals surface area contributed by atoms with Crippen LogP contribution in [0, 0.1) is 6.92 Å². The van der Waals surface area contributed by atoms with Crippen molar-refractivity contribution in [2.24, 2.45) is 0 Å². The molecule has 0 aromatic carbocycles. The van der Waals surface area contributed by atoms with Crippen molar-refractivity contribution in [1.82, 2.24) is 4.98 Å². The lowest BCUT2D eigenvalue weighted by molar-refractivity contribution is 0.530. The van der Waals surface area contributed by atoms with Gasteiger partial charge in [0.15, 0.2) is 0 Å². The first-order chi connectivity index (χ1) is 7.81. The zero-order chi connectivity index (χ0) is 11.4. The van der Waals surface area contributed by atoms with Crippen molar-refractivity contribution in [3.05, 3.63) is 47.7 Å². The van der Waals surface area contributed by atoms with E-state index in [0.29, 0.717) is 0 Å². The highest BCUT2D eigenvalue weighted by Crippen LogP contribution is 2.27. The number of aryl methyl sites for hydroxylation is 1. The molecule has 0 aliphatic carbocycles. The van der Waals surface area contributed by atoms with Gasteiger partial charge in [0.05, 0.1) is 12.0 Å². The molecule has 0 saturated heterocycles. The van der Waals surface area contributed by atoms with Gasteiger partial charge < -0.3 is 4.42 Å². The van der Waals surface area contributed by atoms with Gasteiger partial charge in [-0.15, -0.1) is 24.2 Å². The fourth-order valence-corrected chi connectivity index (χ4v) is 2.57. The predicted octanol–water partition coefficient (Wildman–Crippen LogP) is 4.26. The Morgan fingerprint density at radius 2 is 2.18 bits per heavy atom. The summed E-state index contributed by atoms with van der Waals surface area (Å²) in [6.07, 6.45) is 4.59. The number of nitrogens with zero attached hydrogens (tertiary/aromatic N) is 1. The van der Waals surface area contributed by atoms with Crippen LogP contribution in [-0.2, 0) is 12.2 Å². The van der Waals surface area contributed by atoms with Crippen molar-refractivity contribution >= 4 is 24.2 Å². The zero-order valence-corrected chi connectivity index (χ0v) is 11.6. The molecule has 0 fully saturated rings. The van der Waals surface area contributed by atoms with Crippen LogP contribution in [0.5, 0.6) is 0 Å². The van der Waals surface area contributed by atoms with Crippen molar-refractivity contribution in [1.29, 1.82) is 0 Å². The standard InChI is InChI=1S/C13H15NOS.ClH/c1-3-12-10(2)13(6-7-14-12)16-9-11-5-4-8-15-11;/h4-8H,3,9H2,1-2H3;1H. The van der Waals surface area contributed by atoms with Crippen molar-refractivity contribution < 1.29 is 4.42 Å². The van der Waals surface area contributed by atoms with Crippen LogP contribution in [0.1, 0.15) is 23.9 Å². The second-order valence-electron chi connectivity index (χ2n) is 3.60. The molecule has 4 heteroatoms. The van der Waals surface area contributed by atoms with Gasteiger partial charge in [0, 0.05) is 16.8 Å². The van der Waals surface area contributed by atoms with Gasteiger partial charge in [-0.1, -0.05) is 6.92 Å². The third kappa shape index (κ3) is 3.51. The van der Waals surface area contributed by atoms with Crippen molar-refractivity contribution in [3.63, 3.8) is 0 Å². The third-order valence-electron chi connectivity index (χ3n) is 2.54. The molecular weight excluding hydrogens is 254 g/mol. The van der Waals surface area contributed by atoms with Crippen LogP contribution in [0.4, 0.5) is 0 Å². The van der Waals surface area contributed by atoms with Crippen LogP contribution < -0.4 is 0 Å². The molecule has 17 heavy (non-hydrogen) atoms. The molecule has 0 spiro atoms. The van der Waals surface area contributed by atoms with Gasteiger partial charge in [0.1, 0.15) is 5.76 Å². The van der Waals surface area contributed by atoms with Gasteiger partial charge >= 0.3 is 0 Å². The maximum absolute atomic E-state index is 5.32. The summed E-state index contributed by atoms with van der Waals surface area (Å²) in [7, 11) is 0. The predicted molar refractivity (Wildman–Crippen MR) is 73.9 cm³/mol. The Kier molecular flexibility index (Phi) is 5.59. The summed E-state index contributed by atoms with van der Waals surface area (Å²) in [5.41, 5.74) is 2.48. The second-order valence-corrected chi connectivity index (χ2v) is 4.62. The van der Waals surface area contributed by atoms with E-state index >= 15 is 0 Å². The summed E-state index contributed by atoms with van der Waals surface area (Å²) in [6, 6.07) is 6.00. The van der Waals surface area contributed by atoms with Crippen LogP contribution in [0.15, 0.2) is 40.0 Å². The number of rotatable bonds is 4. The highest BCUT2D eigenvalue weighted by Gasteiger charge is 2.05. The Hall–Kier alpha value is -0.930. The van der Waals surface area contributed by atoms with Crippen LogP contribution in [0.2, 0.25) is 0 Å². The van der Waals surface area contributed by atoms with E-state index in [9.17, 15) is 0 Å². The summed E-state index contributed by atoms with van der Waals surface area (Å²) < 4.78 is 5.32. The molecule has 0 unspecified atom stereocenters. The van der Waals surface area contributed by atoms with E-state index in [1.54, 1.807) is 18.0 Å². The minimum Gasteiger partial charge on any atom is -0.468 e. The molecule has 0 bridgehead atoms. The van der Waals surface area contributed by atoms with E-state index in [1.165, 1.54) is 16.2 Å². The lowest BCUT2D eigenvalue weighted by Crippen LogP contribution is -1.93. The topological polar surface area (TPSA) is 26.0 Å². The first-order valence-electron chi connectivity index (χ1n) is 5.41. The number of hydrogen-bond donors (Lipinski definition) is 0. The molecule has 0 amide bonds. The Bertz CT molecular complexity index is 456. The van der Waals surface area contributed by atoms with Crippen molar-refractivity contribution in [2.45, 2.75) is 30.9 Å². The number of furan rings is 1. The van der Waals surface area contributed by atoms with Gasteiger partial charge in [-0.05, 0) is 37.1 Å². The molecule has 0 atom stereocenters.